The van der Waals surface area contributed by atoms with Gasteiger partial charge in [0.25, 0.3) is 5.91 Å². The van der Waals surface area contributed by atoms with E-state index in [1.165, 1.54) is 0 Å². The fourth-order valence-corrected chi connectivity index (χ4v) is 3.80. The summed E-state index contributed by atoms with van der Waals surface area (Å²) in [5, 5.41) is 3.04. The van der Waals surface area contributed by atoms with Crippen LogP contribution in [0.5, 0.6) is 11.5 Å². The number of nitrogens with one attached hydrogen (secondary N) is 1. The number of amides is 2. The van der Waals surface area contributed by atoms with Crippen molar-refractivity contribution in [3.8, 4) is 11.5 Å². The molecular weight excluding hydrogens is 380 g/mol. The summed E-state index contributed by atoms with van der Waals surface area (Å²) in [7, 11) is 3.20. The fourth-order valence-electron chi connectivity index (χ4n) is 3.80. The van der Waals surface area contributed by atoms with Crippen molar-refractivity contribution in [3.63, 3.8) is 0 Å². The Balaban J connectivity index is 1.84. The summed E-state index contributed by atoms with van der Waals surface area (Å²) in [5.74, 6) is 1.30. The Hall–Kier alpha value is -3.02. The predicted molar refractivity (Wildman–Crippen MR) is 116 cm³/mol. The van der Waals surface area contributed by atoms with E-state index in [-0.39, 0.29) is 23.7 Å². The van der Waals surface area contributed by atoms with Crippen LogP contribution >= 0.6 is 0 Å². The third kappa shape index (κ3) is 4.93. The second kappa shape index (κ2) is 9.65. The molecule has 30 heavy (non-hydrogen) atoms. The van der Waals surface area contributed by atoms with Gasteiger partial charge >= 0.3 is 0 Å². The number of rotatable bonds is 7. The number of likely N-dealkylation sites (tertiary alicyclic amines) is 1. The van der Waals surface area contributed by atoms with E-state index >= 15 is 0 Å². The van der Waals surface area contributed by atoms with Gasteiger partial charge in [0, 0.05) is 31.1 Å². The topological polar surface area (TPSA) is 67.9 Å². The van der Waals surface area contributed by atoms with E-state index < -0.39 is 0 Å². The predicted octanol–water partition coefficient (Wildman–Crippen LogP) is 3.33. The van der Waals surface area contributed by atoms with Gasteiger partial charge in [0.05, 0.1) is 20.1 Å². The lowest BCUT2D eigenvalue weighted by molar-refractivity contribution is -0.125. The van der Waals surface area contributed by atoms with Crippen LogP contribution in [0, 0.1) is 11.8 Å². The largest absolute Gasteiger partial charge is 0.497 e. The summed E-state index contributed by atoms with van der Waals surface area (Å²) in [5.41, 5.74) is 1.59. The van der Waals surface area contributed by atoms with Gasteiger partial charge in [0.2, 0.25) is 5.91 Å². The molecule has 2 aromatic rings. The second-order valence-corrected chi connectivity index (χ2v) is 8.07. The molecule has 1 aliphatic rings. The summed E-state index contributed by atoms with van der Waals surface area (Å²) in [4.78, 5) is 27.9. The van der Waals surface area contributed by atoms with E-state index in [0.29, 0.717) is 36.9 Å². The summed E-state index contributed by atoms with van der Waals surface area (Å²) in [6.07, 6.45) is 0. The van der Waals surface area contributed by atoms with Crippen LogP contribution < -0.4 is 14.8 Å². The normalized spacial score (nSPS) is 18.4. The van der Waals surface area contributed by atoms with Crippen molar-refractivity contribution >= 4 is 11.8 Å². The summed E-state index contributed by atoms with van der Waals surface area (Å²) in [6, 6.07) is 14.9. The van der Waals surface area contributed by atoms with E-state index in [4.69, 9.17) is 9.47 Å². The van der Waals surface area contributed by atoms with Crippen LogP contribution in [-0.4, -0.2) is 50.6 Å². The first kappa shape index (κ1) is 21.7. The number of benzene rings is 2. The molecule has 3 rings (SSSR count). The molecular formula is C24H30N2O4. The molecule has 0 aromatic heterocycles. The molecule has 2 atom stereocenters. The highest BCUT2D eigenvalue weighted by atomic mass is 16.5. The number of ether oxygens (including phenoxy) is 2. The summed E-state index contributed by atoms with van der Waals surface area (Å²) < 4.78 is 10.5. The van der Waals surface area contributed by atoms with Gasteiger partial charge in [-0.3, -0.25) is 9.59 Å². The van der Waals surface area contributed by atoms with E-state index in [1.807, 2.05) is 30.3 Å². The number of carbonyl (C=O) groups is 2. The van der Waals surface area contributed by atoms with Crippen molar-refractivity contribution in [2.75, 3.05) is 33.9 Å². The minimum absolute atomic E-state index is 0.00883. The van der Waals surface area contributed by atoms with Crippen LogP contribution in [0.2, 0.25) is 0 Å². The molecule has 0 saturated carbocycles. The second-order valence-electron chi connectivity index (χ2n) is 8.07. The van der Waals surface area contributed by atoms with Crippen molar-refractivity contribution in [2.24, 2.45) is 11.8 Å². The van der Waals surface area contributed by atoms with Gasteiger partial charge in [-0.05, 0) is 41.8 Å². The summed E-state index contributed by atoms with van der Waals surface area (Å²) in [6.45, 7) is 5.62. The molecule has 1 fully saturated rings. The zero-order valence-electron chi connectivity index (χ0n) is 18.1. The minimum Gasteiger partial charge on any atom is -0.497 e. The molecule has 1 saturated heterocycles. The maximum Gasteiger partial charge on any atom is 0.254 e. The van der Waals surface area contributed by atoms with Crippen molar-refractivity contribution in [1.82, 2.24) is 10.2 Å². The van der Waals surface area contributed by atoms with Gasteiger partial charge in [-0.15, -0.1) is 0 Å². The SMILES string of the molecule is COc1ccc([C@H]2CN(C(=O)c3cccc(OC)c3)C[C@H]2C(=O)NCC(C)C)cc1. The minimum atomic E-state index is -0.299. The van der Waals surface area contributed by atoms with Crippen molar-refractivity contribution in [3.05, 3.63) is 59.7 Å². The van der Waals surface area contributed by atoms with Crippen LogP contribution in [0.3, 0.4) is 0 Å². The Kier molecular flexibility index (Phi) is 6.98. The van der Waals surface area contributed by atoms with Gasteiger partial charge in [-0.25, -0.2) is 0 Å². The monoisotopic (exact) mass is 410 g/mol. The first-order chi connectivity index (χ1) is 14.4. The van der Waals surface area contributed by atoms with Crippen LogP contribution in [0.15, 0.2) is 48.5 Å². The van der Waals surface area contributed by atoms with Crippen LogP contribution in [0.1, 0.15) is 35.7 Å². The molecule has 1 N–H and O–H groups in total. The lowest BCUT2D eigenvalue weighted by atomic mass is 9.88. The highest BCUT2D eigenvalue weighted by molar-refractivity contribution is 5.95. The zero-order chi connectivity index (χ0) is 21.7. The molecule has 0 spiro atoms. The maximum atomic E-state index is 13.1. The van der Waals surface area contributed by atoms with Gasteiger partial charge in [-0.1, -0.05) is 32.0 Å². The number of methoxy groups -OCH3 is 2. The lowest BCUT2D eigenvalue weighted by Gasteiger charge is -2.19. The summed E-state index contributed by atoms with van der Waals surface area (Å²) >= 11 is 0. The molecule has 1 heterocycles. The van der Waals surface area contributed by atoms with Crippen LogP contribution in [0.25, 0.3) is 0 Å². The molecule has 0 radical (unpaired) electrons. The zero-order valence-corrected chi connectivity index (χ0v) is 18.1. The highest BCUT2D eigenvalue weighted by Gasteiger charge is 2.40. The Morgan fingerprint density at radius 2 is 1.73 bits per heavy atom. The quantitative estimate of drug-likeness (QED) is 0.760. The molecule has 2 amide bonds. The average molecular weight is 411 g/mol. The maximum absolute atomic E-state index is 13.1. The molecule has 6 nitrogen and oxygen atoms in total. The lowest BCUT2D eigenvalue weighted by Crippen LogP contribution is -2.37. The molecule has 1 aliphatic heterocycles. The Labute approximate surface area is 178 Å². The van der Waals surface area contributed by atoms with Crippen molar-refractivity contribution in [2.45, 2.75) is 19.8 Å². The Bertz CT molecular complexity index is 879. The molecule has 0 aliphatic carbocycles. The van der Waals surface area contributed by atoms with E-state index in [9.17, 15) is 9.59 Å². The third-order valence-corrected chi connectivity index (χ3v) is 5.49. The Morgan fingerprint density at radius 3 is 2.37 bits per heavy atom. The van der Waals surface area contributed by atoms with Crippen LogP contribution in [-0.2, 0) is 4.79 Å². The van der Waals surface area contributed by atoms with E-state index in [0.717, 1.165) is 11.3 Å². The number of hydrogen-bond acceptors (Lipinski definition) is 4. The van der Waals surface area contributed by atoms with E-state index in [1.54, 1.807) is 37.3 Å². The first-order valence-electron chi connectivity index (χ1n) is 10.3. The molecule has 0 unspecified atom stereocenters. The van der Waals surface area contributed by atoms with Gasteiger partial charge in [-0.2, -0.15) is 0 Å². The van der Waals surface area contributed by atoms with E-state index in [2.05, 4.69) is 19.2 Å². The number of carbonyl (C=O) groups excluding carboxylic acids is 2. The third-order valence-electron chi connectivity index (χ3n) is 5.49. The Morgan fingerprint density at radius 1 is 1.03 bits per heavy atom. The van der Waals surface area contributed by atoms with Gasteiger partial charge in [0.15, 0.2) is 0 Å². The number of hydrogen-bond donors (Lipinski definition) is 1. The molecule has 6 heteroatoms. The highest BCUT2D eigenvalue weighted by Crippen LogP contribution is 2.34. The average Bonchev–Trinajstić information content (AvgIpc) is 3.22. The molecule has 2 aromatic carbocycles. The van der Waals surface area contributed by atoms with Gasteiger partial charge in [0.1, 0.15) is 11.5 Å². The van der Waals surface area contributed by atoms with Gasteiger partial charge < -0.3 is 19.7 Å². The van der Waals surface area contributed by atoms with Crippen molar-refractivity contribution < 1.29 is 19.1 Å². The molecule has 160 valence electrons. The first-order valence-corrected chi connectivity index (χ1v) is 10.3. The van der Waals surface area contributed by atoms with Crippen molar-refractivity contribution in [1.29, 1.82) is 0 Å². The smallest absolute Gasteiger partial charge is 0.254 e. The molecule has 0 bridgehead atoms. The fraction of sp³-hybridized carbons (Fsp3) is 0.417. The number of nitrogens with zero attached hydrogens (tertiary/aromatic N) is 1. The standard InChI is InChI=1S/C24H30N2O4/c1-16(2)13-25-23(27)22-15-26(24(28)18-6-5-7-20(12-18)30-4)14-21(22)17-8-10-19(29-3)11-9-17/h5-12,16,21-22H,13-15H2,1-4H3,(H,25,27)/t21-,22-/m1/s1. The van der Waals surface area contributed by atoms with Crippen LogP contribution in [0.4, 0.5) is 0 Å².